The van der Waals surface area contributed by atoms with E-state index in [1.807, 2.05) is 24.3 Å². The van der Waals surface area contributed by atoms with Crippen LogP contribution in [0.25, 0.3) is 0 Å². The molecular formula is C21H37IN4O3. The van der Waals surface area contributed by atoms with Crippen LogP contribution in [0, 0.1) is 5.92 Å². The third-order valence-electron chi connectivity index (χ3n) is 4.37. The molecule has 1 aliphatic rings. The van der Waals surface area contributed by atoms with Crippen LogP contribution < -0.4 is 20.1 Å². The van der Waals surface area contributed by atoms with E-state index in [2.05, 4.69) is 41.3 Å². The maximum absolute atomic E-state index is 5.88. The minimum Gasteiger partial charge on any atom is -0.497 e. The van der Waals surface area contributed by atoms with Gasteiger partial charge in [-0.05, 0) is 37.1 Å². The summed E-state index contributed by atoms with van der Waals surface area (Å²) in [4.78, 5) is 7.16. The van der Waals surface area contributed by atoms with E-state index in [4.69, 9.17) is 14.2 Å². The number of rotatable bonds is 10. The standard InChI is InChI=1S/C21H36N4O3.HI/c1-5-22-21(23-10-12-27-19-8-6-18(26-4)7-9-19)24-14-20-16-25(11-13-28-20)15-17(2)3;/h6-9,17,20H,5,10-16H2,1-4H3,(H2,22,23,24);1H. The van der Waals surface area contributed by atoms with Crippen LogP contribution in [0.5, 0.6) is 11.5 Å². The van der Waals surface area contributed by atoms with Crippen molar-refractivity contribution in [1.82, 2.24) is 15.5 Å². The number of nitrogens with zero attached hydrogens (tertiary/aromatic N) is 2. The van der Waals surface area contributed by atoms with Gasteiger partial charge in [0.05, 0.1) is 32.9 Å². The summed E-state index contributed by atoms with van der Waals surface area (Å²) in [6.45, 7) is 13.1. The van der Waals surface area contributed by atoms with Gasteiger partial charge in [0.1, 0.15) is 18.1 Å². The highest BCUT2D eigenvalue weighted by atomic mass is 127. The van der Waals surface area contributed by atoms with Gasteiger partial charge < -0.3 is 24.8 Å². The number of nitrogens with one attached hydrogen (secondary N) is 2. The van der Waals surface area contributed by atoms with Gasteiger partial charge in [0, 0.05) is 26.2 Å². The number of morpholine rings is 1. The summed E-state index contributed by atoms with van der Waals surface area (Å²) in [6.07, 6.45) is 0.151. The van der Waals surface area contributed by atoms with Gasteiger partial charge in [0.25, 0.3) is 0 Å². The van der Waals surface area contributed by atoms with Crippen molar-refractivity contribution in [2.45, 2.75) is 26.9 Å². The third-order valence-corrected chi connectivity index (χ3v) is 4.37. The minimum atomic E-state index is 0. The smallest absolute Gasteiger partial charge is 0.191 e. The molecule has 2 rings (SSSR count). The van der Waals surface area contributed by atoms with E-state index in [-0.39, 0.29) is 30.1 Å². The lowest BCUT2D eigenvalue weighted by Crippen LogP contribution is -2.46. The molecule has 0 amide bonds. The Balaban J connectivity index is 0.00000420. The molecule has 0 aliphatic carbocycles. The molecule has 0 bridgehead atoms. The number of guanidine groups is 1. The number of ether oxygens (including phenoxy) is 3. The largest absolute Gasteiger partial charge is 0.497 e. The number of halogens is 1. The summed E-state index contributed by atoms with van der Waals surface area (Å²) in [6, 6.07) is 7.59. The zero-order valence-corrected chi connectivity index (χ0v) is 20.5. The zero-order valence-electron chi connectivity index (χ0n) is 18.1. The maximum atomic E-state index is 5.88. The number of hydrogen-bond acceptors (Lipinski definition) is 5. The van der Waals surface area contributed by atoms with Gasteiger partial charge in [0.15, 0.2) is 5.96 Å². The Morgan fingerprint density at radius 2 is 1.97 bits per heavy atom. The molecule has 1 aliphatic heterocycles. The summed E-state index contributed by atoms with van der Waals surface area (Å²) in [7, 11) is 1.65. The van der Waals surface area contributed by atoms with E-state index in [9.17, 15) is 0 Å². The summed E-state index contributed by atoms with van der Waals surface area (Å²) in [5.41, 5.74) is 0. The highest BCUT2D eigenvalue weighted by Gasteiger charge is 2.20. The molecule has 1 aromatic carbocycles. The molecule has 2 N–H and O–H groups in total. The first-order valence-corrected chi connectivity index (χ1v) is 10.2. The molecule has 7 nitrogen and oxygen atoms in total. The van der Waals surface area contributed by atoms with Crippen molar-refractivity contribution in [2.24, 2.45) is 10.9 Å². The van der Waals surface area contributed by atoms with Crippen LogP contribution in [0.4, 0.5) is 0 Å². The quantitative estimate of drug-likeness (QED) is 0.214. The van der Waals surface area contributed by atoms with Crippen LogP contribution in [-0.4, -0.2) is 76.6 Å². The number of methoxy groups -OCH3 is 1. The molecule has 0 radical (unpaired) electrons. The molecule has 1 unspecified atom stereocenters. The Bertz CT molecular complexity index is 584. The monoisotopic (exact) mass is 520 g/mol. The van der Waals surface area contributed by atoms with Crippen molar-refractivity contribution >= 4 is 29.9 Å². The second-order valence-corrected chi connectivity index (χ2v) is 7.32. The normalized spacial score (nSPS) is 17.6. The fourth-order valence-corrected chi connectivity index (χ4v) is 3.12. The van der Waals surface area contributed by atoms with E-state index < -0.39 is 0 Å². The molecule has 1 heterocycles. The van der Waals surface area contributed by atoms with Crippen molar-refractivity contribution in [3.63, 3.8) is 0 Å². The Kier molecular flexibility index (Phi) is 13.0. The summed E-state index contributed by atoms with van der Waals surface area (Å²) in [5.74, 6) is 3.12. The molecular weight excluding hydrogens is 483 g/mol. The molecule has 1 saturated heterocycles. The van der Waals surface area contributed by atoms with Crippen molar-refractivity contribution in [3.05, 3.63) is 24.3 Å². The van der Waals surface area contributed by atoms with E-state index in [0.717, 1.165) is 50.2 Å². The second kappa shape index (κ2) is 14.7. The van der Waals surface area contributed by atoms with Crippen molar-refractivity contribution in [1.29, 1.82) is 0 Å². The lowest BCUT2D eigenvalue weighted by molar-refractivity contribution is -0.0261. The topological polar surface area (TPSA) is 67.4 Å². The highest BCUT2D eigenvalue weighted by molar-refractivity contribution is 14.0. The third kappa shape index (κ3) is 10.4. The summed E-state index contributed by atoms with van der Waals surface area (Å²) < 4.78 is 16.8. The molecule has 166 valence electrons. The minimum absolute atomic E-state index is 0. The van der Waals surface area contributed by atoms with Gasteiger partial charge in [0.2, 0.25) is 0 Å². The summed E-state index contributed by atoms with van der Waals surface area (Å²) in [5, 5.41) is 6.59. The van der Waals surface area contributed by atoms with Gasteiger partial charge >= 0.3 is 0 Å². The molecule has 1 atom stereocenters. The zero-order chi connectivity index (χ0) is 20.2. The van der Waals surface area contributed by atoms with E-state index in [0.29, 0.717) is 25.6 Å². The fraction of sp³-hybridized carbons (Fsp3) is 0.667. The van der Waals surface area contributed by atoms with Gasteiger partial charge in [-0.2, -0.15) is 0 Å². The van der Waals surface area contributed by atoms with Crippen LogP contribution in [0.3, 0.4) is 0 Å². The van der Waals surface area contributed by atoms with Crippen LogP contribution in [0.15, 0.2) is 29.3 Å². The Morgan fingerprint density at radius 3 is 2.62 bits per heavy atom. The molecule has 1 fully saturated rings. The average molecular weight is 520 g/mol. The number of aliphatic imine (C=N–C) groups is 1. The predicted octanol–water partition coefficient (Wildman–Crippen LogP) is 2.60. The predicted molar refractivity (Wildman–Crippen MR) is 129 cm³/mol. The van der Waals surface area contributed by atoms with E-state index in [1.54, 1.807) is 7.11 Å². The average Bonchev–Trinajstić information content (AvgIpc) is 2.69. The SMILES string of the molecule is CCNC(=NCC1CN(CC(C)C)CCO1)NCCOc1ccc(OC)cc1.I. The van der Waals surface area contributed by atoms with Crippen LogP contribution in [0.1, 0.15) is 20.8 Å². The number of benzene rings is 1. The molecule has 29 heavy (non-hydrogen) atoms. The molecule has 8 heteroatoms. The Labute approximate surface area is 192 Å². The molecule has 1 aromatic rings. The van der Waals surface area contributed by atoms with Crippen LogP contribution in [0.2, 0.25) is 0 Å². The molecule has 0 aromatic heterocycles. The first-order chi connectivity index (χ1) is 13.6. The maximum Gasteiger partial charge on any atom is 0.191 e. The summed E-state index contributed by atoms with van der Waals surface area (Å²) >= 11 is 0. The first-order valence-electron chi connectivity index (χ1n) is 10.2. The van der Waals surface area contributed by atoms with Crippen LogP contribution >= 0.6 is 24.0 Å². The number of hydrogen-bond donors (Lipinski definition) is 2. The lowest BCUT2D eigenvalue weighted by atomic mass is 10.2. The first kappa shape index (κ1) is 25.8. The van der Waals surface area contributed by atoms with Crippen molar-refractivity contribution in [3.8, 4) is 11.5 Å². The van der Waals surface area contributed by atoms with Crippen molar-refractivity contribution < 1.29 is 14.2 Å². The molecule has 0 saturated carbocycles. The van der Waals surface area contributed by atoms with Crippen LogP contribution in [-0.2, 0) is 4.74 Å². The van der Waals surface area contributed by atoms with E-state index in [1.165, 1.54) is 0 Å². The lowest BCUT2D eigenvalue weighted by Gasteiger charge is -2.33. The van der Waals surface area contributed by atoms with Gasteiger partial charge in [-0.1, -0.05) is 13.8 Å². The molecule has 0 spiro atoms. The Hall–Kier alpha value is -1.26. The van der Waals surface area contributed by atoms with E-state index >= 15 is 0 Å². The Morgan fingerprint density at radius 1 is 1.24 bits per heavy atom. The van der Waals surface area contributed by atoms with Crippen molar-refractivity contribution in [2.75, 3.05) is 59.6 Å². The second-order valence-electron chi connectivity index (χ2n) is 7.32. The van der Waals surface area contributed by atoms with Gasteiger partial charge in [-0.25, -0.2) is 0 Å². The highest BCUT2D eigenvalue weighted by Crippen LogP contribution is 2.16. The fourth-order valence-electron chi connectivity index (χ4n) is 3.12. The van der Waals surface area contributed by atoms with Gasteiger partial charge in [-0.15, -0.1) is 24.0 Å². The van der Waals surface area contributed by atoms with Gasteiger partial charge in [-0.3, -0.25) is 9.89 Å².